The Morgan fingerprint density at radius 1 is 1.22 bits per heavy atom. The van der Waals surface area contributed by atoms with Gasteiger partial charge in [-0.15, -0.1) is 0 Å². The Labute approximate surface area is 160 Å². The molecule has 1 aliphatic heterocycles. The molecule has 1 saturated heterocycles. The molecule has 2 aromatic carbocycles. The standard InChI is InChI=1S/C20H26N2O4S/c1-2-27(24,25)22-13-6-9-17(15-22)20(23)21-12-14-26-19-11-5-8-16-7-3-4-10-18(16)19/h3-5,7-8,10-11,17H,2,6,9,12-15H2,1H3,(H,21,23)/t17-/m1/s1. The van der Waals surface area contributed by atoms with Crippen LogP contribution in [0.25, 0.3) is 10.8 Å². The number of carbonyl (C=O) groups is 1. The molecule has 1 aliphatic rings. The van der Waals surface area contributed by atoms with E-state index < -0.39 is 10.0 Å². The van der Waals surface area contributed by atoms with E-state index in [1.165, 1.54) is 4.31 Å². The van der Waals surface area contributed by atoms with Crippen LogP contribution in [0.5, 0.6) is 5.75 Å². The van der Waals surface area contributed by atoms with Gasteiger partial charge in [0.1, 0.15) is 12.4 Å². The van der Waals surface area contributed by atoms with Crippen LogP contribution in [-0.2, 0) is 14.8 Å². The molecule has 2 aromatic rings. The fourth-order valence-electron chi connectivity index (χ4n) is 3.39. The minimum atomic E-state index is -3.24. The maximum absolute atomic E-state index is 12.4. The Morgan fingerprint density at radius 2 is 2.00 bits per heavy atom. The summed E-state index contributed by atoms with van der Waals surface area (Å²) < 4.78 is 31.3. The highest BCUT2D eigenvalue weighted by molar-refractivity contribution is 7.89. The third-order valence-electron chi connectivity index (χ3n) is 4.92. The minimum absolute atomic E-state index is 0.0697. The van der Waals surface area contributed by atoms with Crippen molar-refractivity contribution in [3.8, 4) is 5.75 Å². The molecule has 1 atom stereocenters. The van der Waals surface area contributed by atoms with Crippen molar-refractivity contribution in [3.05, 3.63) is 42.5 Å². The second-order valence-electron chi connectivity index (χ2n) is 6.71. The van der Waals surface area contributed by atoms with Gasteiger partial charge in [-0.25, -0.2) is 12.7 Å². The van der Waals surface area contributed by atoms with Crippen molar-refractivity contribution in [2.24, 2.45) is 5.92 Å². The van der Waals surface area contributed by atoms with Gasteiger partial charge >= 0.3 is 0 Å². The van der Waals surface area contributed by atoms with Gasteiger partial charge in [0.25, 0.3) is 0 Å². The van der Waals surface area contributed by atoms with E-state index >= 15 is 0 Å². The van der Waals surface area contributed by atoms with Crippen LogP contribution in [0.2, 0.25) is 0 Å². The van der Waals surface area contributed by atoms with E-state index in [0.29, 0.717) is 32.5 Å². The predicted molar refractivity (Wildman–Crippen MR) is 106 cm³/mol. The van der Waals surface area contributed by atoms with Crippen molar-refractivity contribution >= 4 is 26.7 Å². The second-order valence-corrected chi connectivity index (χ2v) is 8.97. The number of hydrogen-bond donors (Lipinski definition) is 1. The van der Waals surface area contributed by atoms with E-state index in [4.69, 9.17) is 4.74 Å². The van der Waals surface area contributed by atoms with Crippen LogP contribution < -0.4 is 10.1 Å². The Balaban J connectivity index is 1.49. The number of sulfonamides is 1. The molecule has 0 bridgehead atoms. The smallest absolute Gasteiger partial charge is 0.224 e. The molecule has 0 aliphatic carbocycles. The summed E-state index contributed by atoms with van der Waals surface area (Å²) in [4.78, 5) is 12.4. The van der Waals surface area contributed by atoms with Crippen molar-refractivity contribution in [2.75, 3.05) is 32.0 Å². The highest BCUT2D eigenvalue weighted by Crippen LogP contribution is 2.25. The van der Waals surface area contributed by atoms with E-state index in [9.17, 15) is 13.2 Å². The van der Waals surface area contributed by atoms with Gasteiger partial charge < -0.3 is 10.1 Å². The van der Waals surface area contributed by atoms with Gasteiger partial charge in [0, 0.05) is 18.5 Å². The van der Waals surface area contributed by atoms with Crippen LogP contribution in [0, 0.1) is 5.92 Å². The molecule has 1 heterocycles. The number of piperidine rings is 1. The Hall–Kier alpha value is -2.12. The molecule has 3 rings (SSSR count). The molecule has 146 valence electrons. The number of hydrogen-bond acceptors (Lipinski definition) is 4. The number of fused-ring (bicyclic) bond motifs is 1. The zero-order chi connectivity index (χ0) is 19.3. The molecule has 1 amide bonds. The van der Waals surface area contributed by atoms with E-state index in [0.717, 1.165) is 16.5 Å². The highest BCUT2D eigenvalue weighted by atomic mass is 32.2. The quantitative estimate of drug-likeness (QED) is 0.737. The first-order valence-corrected chi connectivity index (χ1v) is 11.0. The van der Waals surface area contributed by atoms with Gasteiger partial charge in [0.2, 0.25) is 15.9 Å². The molecular weight excluding hydrogens is 364 g/mol. The lowest BCUT2D eigenvalue weighted by molar-refractivity contribution is -0.126. The number of ether oxygens (including phenoxy) is 1. The molecule has 1 fully saturated rings. The summed E-state index contributed by atoms with van der Waals surface area (Å²) in [5.41, 5.74) is 0. The van der Waals surface area contributed by atoms with Crippen LogP contribution in [0.4, 0.5) is 0 Å². The van der Waals surface area contributed by atoms with Gasteiger partial charge in [-0.1, -0.05) is 36.4 Å². The maximum atomic E-state index is 12.4. The van der Waals surface area contributed by atoms with Crippen molar-refractivity contribution in [3.63, 3.8) is 0 Å². The molecule has 1 N–H and O–H groups in total. The van der Waals surface area contributed by atoms with Crippen LogP contribution in [-0.4, -0.2) is 50.6 Å². The first-order valence-electron chi connectivity index (χ1n) is 9.37. The SMILES string of the molecule is CCS(=O)(=O)N1CCC[C@@H](C(=O)NCCOc2cccc3ccccc23)C1. The van der Waals surface area contributed by atoms with Crippen LogP contribution in [0.1, 0.15) is 19.8 Å². The molecule has 7 heteroatoms. The zero-order valence-corrected chi connectivity index (χ0v) is 16.4. The molecule has 0 saturated carbocycles. The van der Waals surface area contributed by atoms with Crippen molar-refractivity contribution < 1.29 is 17.9 Å². The highest BCUT2D eigenvalue weighted by Gasteiger charge is 2.31. The summed E-state index contributed by atoms with van der Waals surface area (Å²) in [5.74, 6) is 0.464. The van der Waals surface area contributed by atoms with Crippen LogP contribution >= 0.6 is 0 Å². The zero-order valence-electron chi connectivity index (χ0n) is 15.6. The van der Waals surface area contributed by atoms with Gasteiger partial charge in [0.05, 0.1) is 18.2 Å². The van der Waals surface area contributed by atoms with Crippen molar-refractivity contribution in [1.29, 1.82) is 0 Å². The van der Waals surface area contributed by atoms with Crippen molar-refractivity contribution in [1.82, 2.24) is 9.62 Å². The largest absolute Gasteiger partial charge is 0.491 e. The number of amides is 1. The molecule has 0 unspecified atom stereocenters. The Kier molecular flexibility index (Phi) is 6.34. The summed E-state index contributed by atoms with van der Waals surface area (Å²) in [6, 6.07) is 13.9. The fourth-order valence-corrected chi connectivity index (χ4v) is 4.57. The number of carbonyl (C=O) groups excluding carboxylic acids is 1. The lowest BCUT2D eigenvalue weighted by Gasteiger charge is -2.30. The summed E-state index contributed by atoms with van der Waals surface area (Å²) in [5, 5.41) is 5.03. The van der Waals surface area contributed by atoms with E-state index in [1.54, 1.807) is 6.92 Å². The maximum Gasteiger partial charge on any atom is 0.224 e. The fraction of sp³-hybridized carbons (Fsp3) is 0.450. The Morgan fingerprint density at radius 3 is 2.81 bits per heavy atom. The second kappa shape index (κ2) is 8.71. The van der Waals surface area contributed by atoms with Crippen molar-refractivity contribution in [2.45, 2.75) is 19.8 Å². The number of nitrogens with one attached hydrogen (secondary N) is 1. The Bertz CT molecular complexity index is 892. The summed E-state index contributed by atoms with van der Waals surface area (Å²) in [6.45, 7) is 3.16. The average Bonchev–Trinajstić information content (AvgIpc) is 2.71. The van der Waals surface area contributed by atoms with Crippen LogP contribution in [0.15, 0.2) is 42.5 Å². The summed E-state index contributed by atoms with van der Waals surface area (Å²) >= 11 is 0. The first-order chi connectivity index (χ1) is 13.0. The molecule has 6 nitrogen and oxygen atoms in total. The lowest BCUT2D eigenvalue weighted by Crippen LogP contribution is -2.46. The molecule has 0 aromatic heterocycles. The third-order valence-corrected chi connectivity index (χ3v) is 6.77. The summed E-state index contributed by atoms with van der Waals surface area (Å²) in [6.07, 6.45) is 1.43. The van der Waals surface area contributed by atoms with E-state index in [-0.39, 0.29) is 24.1 Å². The number of nitrogens with zero attached hydrogens (tertiary/aromatic N) is 1. The molecule has 27 heavy (non-hydrogen) atoms. The van der Waals surface area contributed by atoms with Gasteiger partial charge in [-0.2, -0.15) is 0 Å². The van der Waals surface area contributed by atoms with Gasteiger partial charge in [-0.3, -0.25) is 4.79 Å². The lowest BCUT2D eigenvalue weighted by atomic mass is 9.99. The number of benzene rings is 2. The molecular formula is C20H26N2O4S. The molecule has 0 radical (unpaired) electrons. The third kappa shape index (κ3) is 4.78. The minimum Gasteiger partial charge on any atom is -0.491 e. The normalized spacial score (nSPS) is 18.3. The molecule has 0 spiro atoms. The van der Waals surface area contributed by atoms with E-state index in [2.05, 4.69) is 5.32 Å². The van der Waals surface area contributed by atoms with E-state index in [1.807, 2.05) is 42.5 Å². The van der Waals surface area contributed by atoms with Crippen LogP contribution in [0.3, 0.4) is 0 Å². The average molecular weight is 391 g/mol. The predicted octanol–water partition coefficient (Wildman–Crippen LogP) is 2.40. The monoisotopic (exact) mass is 390 g/mol. The number of rotatable bonds is 7. The van der Waals surface area contributed by atoms with Gasteiger partial charge in [0.15, 0.2) is 0 Å². The first kappa shape index (κ1) is 19.6. The van der Waals surface area contributed by atoms with Gasteiger partial charge in [-0.05, 0) is 31.2 Å². The summed E-state index contributed by atoms with van der Waals surface area (Å²) in [7, 11) is -3.24. The topological polar surface area (TPSA) is 75.7 Å².